The maximum atomic E-state index is 4.63. The van der Waals surface area contributed by atoms with Crippen molar-refractivity contribution in [2.45, 2.75) is 13.8 Å². The van der Waals surface area contributed by atoms with Crippen molar-refractivity contribution >= 4 is 22.9 Å². The first-order chi connectivity index (χ1) is 10.2. The van der Waals surface area contributed by atoms with Crippen molar-refractivity contribution < 1.29 is 0 Å². The van der Waals surface area contributed by atoms with Crippen molar-refractivity contribution in [3.05, 3.63) is 65.5 Å². The number of pyridine rings is 2. The Labute approximate surface area is 123 Å². The molecule has 3 aromatic rings. The maximum Gasteiger partial charge on any atom is 0.147 e. The molecule has 0 radical (unpaired) electrons. The first-order valence-corrected chi connectivity index (χ1v) is 6.80. The summed E-state index contributed by atoms with van der Waals surface area (Å²) in [6, 6.07) is 12.0. The van der Waals surface area contributed by atoms with Gasteiger partial charge in [0.15, 0.2) is 0 Å². The molecule has 0 aliphatic heterocycles. The molecule has 0 bridgehead atoms. The summed E-state index contributed by atoms with van der Waals surface area (Å²) in [4.78, 5) is 8.67. The van der Waals surface area contributed by atoms with E-state index in [1.807, 2.05) is 18.2 Å². The van der Waals surface area contributed by atoms with E-state index < -0.39 is 0 Å². The van der Waals surface area contributed by atoms with Crippen LogP contribution in [0.1, 0.15) is 16.7 Å². The molecule has 2 heterocycles. The van der Waals surface area contributed by atoms with Crippen LogP contribution >= 0.6 is 0 Å². The molecule has 1 aromatic carbocycles. The average Bonchev–Trinajstić information content (AvgIpc) is 2.50. The van der Waals surface area contributed by atoms with Crippen molar-refractivity contribution in [2.24, 2.45) is 5.10 Å². The average molecular weight is 276 g/mol. The van der Waals surface area contributed by atoms with E-state index >= 15 is 0 Å². The molecule has 0 saturated carbocycles. The number of hydrazone groups is 1. The van der Waals surface area contributed by atoms with Gasteiger partial charge >= 0.3 is 0 Å². The molecule has 3 rings (SSSR count). The topological polar surface area (TPSA) is 50.2 Å². The Hall–Kier alpha value is -2.75. The first-order valence-electron chi connectivity index (χ1n) is 6.80. The Bertz CT molecular complexity index is 794. The van der Waals surface area contributed by atoms with E-state index in [1.165, 1.54) is 10.9 Å². The Morgan fingerprint density at radius 2 is 2.00 bits per heavy atom. The summed E-state index contributed by atoms with van der Waals surface area (Å²) < 4.78 is 0. The van der Waals surface area contributed by atoms with Crippen LogP contribution in [0, 0.1) is 13.8 Å². The third-order valence-electron chi connectivity index (χ3n) is 3.33. The maximum absolute atomic E-state index is 4.63. The van der Waals surface area contributed by atoms with Crippen LogP contribution in [-0.4, -0.2) is 16.2 Å². The van der Waals surface area contributed by atoms with Crippen LogP contribution in [0.2, 0.25) is 0 Å². The summed E-state index contributed by atoms with van der Waals surface area (Å²) in [5.74, 6) is 0.745. The fourth-order valence-corrected chi connectivity index (χ4v) is 2.24. The quantitative estimate of drug-likeness (QED) is 0.586. The molecule has 0 aliphatic rings. The van der Waals surface area contributed by atoms with Crippen molar-refractivity contribution in [3.63, 3.8) is 0 Å². The molecule has 0 fully saturated rings. The van der Waals surface area contributed by atoms with Crippen molar-refractivity contribution in [1.82, 2.24) is 9.97 Å². The van der Waals surface area contributed by atoms with Gasteiger partial charge < -0.3 is 0 Å². The summed E-state index contributed by atoms with van der Waals surface area (Å²) in [7, 11) is 0. The fourth-order valence-electron chi connectivity index (χ4n) is 2.24. The molecule has 2 aromatic heterocycles. The highest BCUT2D eigenvalue weighted by molar-refractivity contribution is 5.86. The van der Waals surface area contributed by atoms with E-state index in [4.69, 9.17) is 0 Å². The number of para-hydroxylation sites is 1. The molecule has 0 saturated heterocycles. The number of anilines is 1. The zero-order valence-electron chi connectivity index (χ0n) is 12.0. The van der Waals surface area contributed by atoms with Gasteiger partial charge in [-0.15, -0.1) is 0 Å². The second-order valence-electron chi connectivity index (χ2n) is 4.95. The number of hydrogen-bond donors (Lipinski definition) is 1. The molecule has 21 heavy (non-hydrogen) atoms. The predicted molar refractivity (Wildman–Crippen MR) is 86.7 cm³/mol. The van der Waals surface area contributed by atoms with E-state index in [0.29, 0.717) is 0 Å². The third-order valence-corrected chi connectivity index (χ3v) is 3.33. The van der Waals surface area contributed by atoms with Crippen LogP contribution in [0.5, 0.6) is 0 Å². The van der Waals surface area contributed by atoms with E-state index in [9.17, 15) is 0 Å². The molecular formula is C17H16N4. The Morgan fingerprint density at radius 1 is 1.10 bits per heavy atom. The summed E-state index contributed by atoms with van der Waals surface area (Å²) in [5.41, 5.74) is 7.28. The Balaban J connectivity index is 1.88. The minimum atomic E-state index is 0.745. The van der Waals surface area contributed by atoms with Crippen LogP contribution in [0.25, 0.3) is 10.9 Å². The number of nitrogens with one attached hydrogen (secondary N) is 1. The lowest BCUT2D eigenvalue weighted by Crippen LogP contribution is -1.96. The molecule has 1 N–H and O–H groups in total. The van der Waals surface area contributed by atoms with Gasteiger partial charge in [0.2, 0.25) is 0 Å². The van der Waals surface area contributed by atoms with Gasteiger partial charge in [0, 0.05) is 23.3 Å². The van der Waals surface area contributed by atoms with Gasteiger partial charge in [0.05, 0.1) is 11.7 Å². The van der Waals surface area contributed by atoms with E-state index in [2.05, 4.69) is 52.5 Å². The summed E-state index contributed by atoms with van der Waals surface area (Å²) in [6.07, 6.45) is 5.22. The van der Waals surface area contributed by atoms with E-state index in [-0.39, 0.29) is 0 Å². The fraction of sp³-hybridized carbons (Fsp3) is 0.118. The largest absolute Gasteiger partial charge is 0.264 e. The Morgan fingerprint density at radius 3 is 2.81 bits per heavy atom. The monoisotopic (exact) mass is 276 g/mol. The number of aryl methyl sites for hydroxylation is 2. The van der Waals surface area contributed by atoms with Gasteiger partial charge in [0.25, 0.3) is 0 Å². The predicted octanol–water partition coefficient (Wildman–Crippen LogP) is 3.69. The highest BCUT2D eigenvalue weighted by atomic mass is 15.3. The molecule has 4 heteroatoms. The zero-order chi connectivity index (χ0) is 14.7. The lowest BCUT2D eigenvalue weighted by atomic mass is 10.1. The molecule has 0 aliphatic carbocycles. The van der Waals surface area contributed by atoms with Gasteiger partial charge in [-0.2, -0.15) is 5.10 Å². The zero-order valence-corrected chi connectivity index (χ0v) is 12.0. The van der Waals surface area contributed by atoms with Crippen molar-refractivity contribution in [2.75, 3.05) is 5.43 Å². The number of nitrogens with zero attached hydrogens (tertiary/aromatic N) is 3. The number of aromatic nitrogens is 2. The van der Waals surface area contributed by atoms with Gasteiger partial charge in [-0.3, -0.25) is 10.4 Å². The molecule has 4 nitrogen and oxygen atoms in total. The van der Waals surface area contributed by atoms with Gasteiger partial charge in [-0.25, -0.2) is 4.98 Å². The molecular weight excluding hydrogens is 260 g/mol. The highest BCUT2D eigenvalue weighted by Gasteiger charge is 2.04. The van der Waals surface area contributed by atoms with E-state index in [1.54, 1.807) is 18.6 Å². The number of fused-ring (bicyclic) bond motifs is 1. The smallest absolute Gasteiger partial charge is 0.147 e. The minimum absolute atomic E-state index is 0.745. The van der Waals surface area contributed by atoms with Gasteiger partial charge in [-0.1, -0.05) is 24.3 Å². The Kier molecular flexibility index (Phi) is 3.60. The summed E-state index contributed by atoms with van der Waals surface area (Å²) >= 11 is 0. The molecule has 104 valence electrons. The first kappa shape index (κ1) is 13.2. The molecule has 0 atom stereocenters. The van der Waals surface area contributed by atoms with E-state index in [0.717, 1.165) is 22.5 Å². The van der Waals surface area contributed by atoms with Crippen molar-refractivity contribution in [3.8, 4) is 0 Å². The van der Waals surface area contributed by atoms with Crippen molar-refractivity contribution in [1.29, 1.82) is 0 Å². The summed E-state index contributed by atoms with van der Waals surface area (Å²) in [6.45, 7) is 4.15. The SMILES string of the molecule is Cc1cc(N/N=C/c2cccnc2)nc2c(C)cccc12. The van der Waals surface area contributed by atoms with Crippen LogP contribution in [0.15, 0.2) is 53.9 Å². The normalized spacial score (nSPS) is 11.1. The third kappa shape index (κ3) is 2.89. The highest BCUT2D eigenvalue weighted by Crippen LogP contribution is 2.22. The number of rotatable bonds is 3. The molecule has 0 amide bonds. The number of benzene rings is 1. The van der Waals surface area contributed by atoms with Crippen LogP contribution in [-0.2, 0) is 0 Å². The standard InChI is InChI=1S/C17H16N4/c1-12-5-3-7-15-13(2)9-16(20-17(12)15)21-19-11-14-6-4-8-18-10-14/h3-11H,1-2H3,(H,20,21)/b19-11+. The summed E-state index contributed by atoms with van der Waals surface area (Å²) in [5, 5.41) is 5.39. The minimum Gasteiger partial charge on any atom is -0.264 e. The van der Waals surface area contributed by atoms with Crippen LogP contribution in [0.3, 0.4) is 0 Å². The number of hydrogen-bond acceptors (Lipinski definition) is 4. The lowest BCUT2D eigenvalue weighted by Gasteiger charge is -2.07. The van der Waals surface area contributed by atoms with Gasteiger partial charge in [-0.05, 0) is 37.1 Å². The molecule has 0 unspecified atom stereocenters. The van der Waals surface area contributed by atoms with Gasteiger partial charge in [0.1, 0.15) is 5.82 Å². The van der Waals surface area contributed by atoms with Crippen LogP contribution < -0.4 is 5.43 Å². The second-order valence-corrected chi connectivity index (χ2v) is 4.95. The second kappa shape index (κ2) is 5.71. The lowest BCUT2D eigenvalue weighted by molar-refractivity contribution is 1.24. The van der Waals surface area contributed by atoms with Crippen LogP contribution in [0.4, 0.5) is 5.82 Å². The molecule has 0 spiro atoms.